The average molecular weight is 142 g/mol. The average Bonchev–Trinajstić information content (AvgIpc) is 1.91. The molecule has 0 aromatic carbocycles. The summed E-state index contributed by atoms with van der Waals surface area (Å²) in [5.41, 5.74) is -0.139. The minimum atomic E-state index is -0.139. The maximum atomic E-state index is 11.0. The molecule has 0 radical (unpaired) electrons. The summed E-state index contributed by atoms with van der Waals surface area (Å²) in [6.45, 7) is 6.05. The maximum Gasteiger partial charge on any atom is 0.316 e. The summed E-state index contributed by atoms with van der Waals surface area (Å²) in [4.78, 5) is 11.0. The summed E-state index contributed by atoms with van der Waals surface area (Å²) < 4.78 is 4.90. The van der Waals surface area contributed by atoms with Gasteiger partial charge in [0.05, 0.1) is 0 Å². The molecule has 1 fully saturated rings. The molecule has 0 bridgehead atoms. The van der Waals surface area contributed by atoms with Gasteiger partial charge in [-0.1, -0.05) is 13.8 Å². The lowest BCUT2D eigenvalue weighted by molar-refractivity contribution is -0.205. The molecule has 58 valence electrons. The third-order valence-electron chi connectivity index (χ3n) is 2.73. The lowest BCUT2D eigenvalue weighted by atomic mass is 9.74. The van der Waals surface area contributed by atoms with Crippen molar-refractivity contribution >= 4 is 5.97 Å². The molecule has 10 heavy (non-hydrogen) atoms. The van der Waals surface area contributed by atoms with E-state index in [1.165, 1.54) is 0 Å². The highest BCUT2D eigenvalue weighted by atomic mass is 16.6. The van der Waals surface area contributed by atoms with E-state index in [1.807, 2.05) is 20.8 Å². The summed E-state index contributed by atoms with van der Waals surface area (Å²) in [6, 6.07) is 0. The van der Waals surface area contributed by atoms with Gasteiger partial charge in [-0.2, -0.15) is 0 Å². The van der Waals surface area contributed by atoms with Gasteiger partial charge in [-0.25, -0.2) is 0 Å². The van der Waals surface area contributed by atoms with E-state index in [1.54, 1.807) is 0 Å². The van der Waals surface area contributed by atoms with Gasteiger partial charge >= 0.3 is 5.97 Å². The van der Waals surface area contributed by atoms with Crippen molar-refractivity contribution in [3.63, 3.8) is 0 Å². The monoisotopic (exact) mass is 142 g/mol. The highest BCUT2D eigenvalue weighted by Crippen LogP contribution is 2.42. The zero-order valence-electron chi connectivity index (χ0n) is 6.81. The molecule has 0 aromatic heterocycles. The molecule has 1 atom stereocenters. The van der Waals surface area contributed by atoms with Crippen LogP contribution in [0.25, 0.3) is 0 Å². The summed E-state index contributed by atoms with van der Waals surface area (Å²) in [7, 11) is 0. The van der Waals surface area contributed by atoms with Gasteiger partial charge in [0.1, 0.15) is 11.5 Å². The van der Waals surface area contributed by atoms with Crippen LogP contribution >= 0.6 is 0 Å². The van der Waals surface area contributed by atoms with Crippen LogP contribution in [0.2, 0.25) is 0 Å². The molecule has 0 N–H and O–H groups in total. The SMILES string of the molecule is CCC1(CC)C(=O)OC1C. The van der Waals surface area contributed by atoms with Crippen LogP contribution in [0.1, 0.15) is 33.6 Å². The number of hydrogen-bond donors (Lipinski definition) is 0. The number of ether oxygens (including phenoxy) is 1. The van der Waals surface area contributed by atoms with E-state index in [2.05, 4.69) is 0 Å². The van der Waals surface area contributed by atoms with E-state index in [0.29, 0.717) is 0 Å². The molecule has 0 aliphatic carbocycles. The third kappa shape index (κ3) is 0.678. The van der Waals surface area contributed by atoms with Crippen LogP contribution in [0.15, 0.2) is 0 Å². The molecule has 1 aliphatic rings. The van der Waals surface area contributed by atoms with E-state index in [9.17, 15) is 4.79 Å². The largest absolute Gasteiger partial charge is 0.461 e. The Hall–Kier alpha value is -0.530. The summed E-state index contributed by atoms with van der Waals surface area (Å²) in [5, 5.41) is 0. The molecular formula is C8H14O2. The molecule has 0 spiro atoms. The van der Waals surface area contributed by atoms with Gasteiger partial charge in [0.15, 0.2) is 0 Å². The minimum absolute atomic E-state index is 0.00926. The maximum absolute atomic E-state index is 11.0. The van der Waals surface area contributed by atoms with Crippen molar-refractivity contribution < 1.29 is 9.53 Å². The summed E-state index contributed by atoms with van der Waals surface area (Å²) in [6.07, 6.45) is 1.95. The first kappa shape index (κ1) is 7.58. The van der Waals surface area contributed by atoms with Crippen molar-refractivity contribution in [3.05, 3.63) is 0 Å². The topological polar surface area (TPSA) is 26.3 Å². The van der Waals surface area contributed by atoms with Gasteiger partial charge in [0.25, 0.3) is 0 Å². The molecule has 2 heteroatoms. The smallest absolute Gasteiger partial charge is 0.316 e. The first-order valence-corrected chi connectivity index (χ1v) is 3.88. The Morgan fingerprint density at radius 2 is 2.00 bits per heavy atom. The normalized spacial score (nSPS) is 29.1. The zero-order valence-corrected chi connectivity index (χ0v) is 6.81. The summed E-state index contributed by atoms with van der Waals surface area (Å²) >= 11 is 0. The molecular weight excluding hydrogens is 128 g/mol. The number of carbonyl (C=O) groups is 1. The number of carbonyl (C=O) groups excluding carboxylic acids is 1. The van der Waals surface area contributed by atoms with Crippen LogP contribution in [-0.4, -0.2) is 12.1 Å². The molecule has 2 nitrogen and oxygen atoms in total. The molecule has 0 aromatic rings. The van der Waals surface area contributed by atoms with Crippen molar-refractivity contribution in [1.29, 1.82) is 0 Å². The molecule has 1 unspecified atom stereocenters. The zero-order chi connectivity index (χ0) is 7.78. The quantitative estimate of drug-likeness (QED) is 0.549. The first-order valence-electron chi connectivity index (χ1n) is 3.88. The molecule has 1 aliphatic heterocycles. The molecule has 0 amide bonds. The molecule has 1 heterocycles. The van der Waals surface area contributed by atoms with E-state index < -0.39 is 0 Å². The van der Waals surface area contributed by atoms with Gasteiger partial charge in [-0.3, -0.25) is 4.79 Å². The fourth-order valence-corrected chi connectivity index (χ4v) is 1.61. The highest BCUT2D eigenvalue weighted by Gasteiger charge is 2.52. The van der Waals surface area contributed by atoms with Gasteiger partial charge in [-0.05, 0) is 19.8 Å². The van der Waals surface area contributed by atoms with Gasteiger partial charge in [0.2, 0.25) is 0 Å². The first-order chi connectivity index (χ1) is 4.67. The van der Waals surface area contributed by atoms with Crippen LogP contribution in [0.3, 0.4) is 0 Å². The predicted molar refractivity (Wildman–Crippen MR) is 38.6 cm³/mol. The lowest BCUT2D eigenvalue weighted by Crippen LogP contribution is -2.54. The van der Waals surface area contributed by atoms with Crippen molar-refractivity contribution in [3.8, 4) is 0 Å². The Kier molecular flexibility index (Phi) is 1.71. The fourth-order valence-electron chi connectivity index (χ4n) is 1.61. The van der Waals surface area contributed by atoms with Gasteiger partial charge in [0, 0.05) is 0 Å². The Morgan fingerprint density at radius 3 is 2.10 bits per heavy atom. The van der Waals surface area contributed by atoms with E-state index in [0.717, 1.165) is 12.8 Å². The standard InChI is InChI=1S/C8H14O2/c1-4-8(5-2)6(3)10-7(8)9/h6H,4-5H2,1-3H3. The van der Waals surface area contributed by atoms with Crippen molar-refractivity contribution in [2.45, 2.75) is 39.7 Å². The number of rotatable bonds is 2. The Labute approximate surface area is 61.6 Å². The second-order valence-electron chi connectivity index (χ2n) is 2.91. The predicted octanol–water partition coefficient (Wildman–Crippen LogP) is 1.74. The van der Waals surface area contributed by atoms with E-state index in [-0.39, 0.29) is 17.5 Å². The Bertz CT molecular complexity index is 147. The number of esters is 1. The Balaban J connectivity index is 2.71. The van der Waals surface area contributed by atoms with Crippen LogP contribution in [0.5, 0.6) is 0 Å². The van der Waals surface area contributed by atoms with Gasteiger partial charge in [-0.15, -0.1) is 0 Å². The summed E-state index contributed by atoms with van der Waals surface area (Å²) in [5.74, 6) is -0.00926. The van der Waals surface area contributed by atoms with E-state index in [4.69, 9.17) is 4.74 Å². The highest BCUT2D eigenvalue weighted by molar-refractivity contribution is 5.82. The number of hydrogen-bond acceptors (Lipinski definition) is 2. The van der Waals surface area contributed by atoms with E-state index >= 15 is 0 Å². The molecule has 1 saturated heterocycles. The van der Waals surface area contributed by atoms with Crippen LogP contribution in [-0.2, 0) is 9.53 Å². The van der Waals surface area contributed by atoms with Crippen molar-refractivity contribution in [2.75, 3.05) is 0 Å². The van der Waals surface area contributed by atoms with Crippen LogP contribution < -0.4 is 0 Å². The van der Waals surface area contributed by atoms with Crippen LogP contribution in [0.4, 0.5) is 0 Å². The lowest BCUT2D eigenvalue weighted by Gasteiger charge is -2.44. The Morgan fingerprint density at radius 1 is 1.50 bits per heavy atom. The number of cyclic esters (lactones) is 1. The van der Waals surface area contributed by atoms with Crippen LogP contribution in [0, 0.1) is 5.41 Å². The second-order valence-corrected chi connectivity index (χ2v) is 2.91. The van der Waals surface area contributed by atoms with Crippen molar-refractivity contribution in [1.82, 2.24) is 0 Å². The molecule has 0 saturated carbocycles. The van der Waals surface area contributed by atoms with Gasteiger partial charge < -0.3 is 4.74 Å². The molecule has 1 rings (SSSR count). The fraction of sp³-hybridized carbons (Fsp3) is 0.875. The third-order valence-corrected chi connectivity index (χ3v) is 2.73. The second kappa shape index (κ2) is 2.26. The van der Waals surface area contributed by atoms with Crippen molar-refractivity contribution in [2.24, 2.45) is 5.41 Å². The minimum Gasteiger partial charge on any atom is -0.461 e.